The largest absolute Gasteiger partial charge is 0.374 e. The van der Waals surface area contributed by atoms with E-state index < -0.39 is 17.1 Å². The first kappa shape index (κ1) is 16.7. The van der Waals surface area contributed by atoms with Crippen LogP contribution in [0, 0.1) is 12.7 Å². The minimum absolute atomic E-state index is 0.107. The number of rotatable bonds is 2. The maximum Gasteiger partial charge on any atom is 0.337 e. The van der Waals surface area contributed by atoms with Crippen LogP contribution in [0.4, 0.5) is 10.2 Å². The number of aromatic nitrogens is 2. The Morgan fingerprint density at radius 1 is 1.14 bits per heavy atom. The predicted octanol–water partition coefficient (Wildman–Crippen LogP) is 2.05. The summed E-state index contributed by atoms with van der Waals surface area (Å²) in [6.07, 6.45) is 0. The summed E-state index contributed by atoms with van der Waals surface area (Å²) in [6.45, 7) is 5.76. The average molecular weight is 293 g/mol. The summed E-state index contributed by atoms with van der Waals surface area (Å²) in [5.74, 6) is -0.270. The van der Waals surface area contributed by atoms with Gasteiger partial charge in [-0.05, 0) is 24.6 Å². The number of aryl methyl sites for hydroxylation is 1. The van der Waals surface area contributed by atoms with Gasteiger partial charge in [-0.2, -0.15) is 0 Å². The van der Waals surface area contributed by atoms with E-state index >= 15 is 0 Å². The lowest BCUT2D eigenvalue weighted by atomic mass is 10.2. The third kappa shape index (κ3) is 3.21. The Morgan fingerprint density at radius 3 is 2.29 bits per heavy atom. The van der Waals surface area contributed by atoms with E-state index in [0.29, 0.717) is 0 Å². The van der Waals surface area contributed by atoms with E-state index in [4.69, 9.17) is 0 Å². The Hall–Kier alpha value is -2.37. The fourth-order valence-electron chi connectivity index (χ4n) is 1.84. The Morgan fingerprint density at radius 2 is 1.76 bits per heavy atom. The van der Waals surface area contributed by atoms with Crippen LogP contribution in [0.5, 0.6) is 0 Å². The average Bonchev–Trinajstić information content (AvgIpc) is 2.48. The van der Waals surface area contributed by atoms with Crippen molar-refractivity contribution in [1.82, 2.24) is 9.13 Å². The lowest BCUT2D eigenvalue weighted by molar-refractivity contribution is 0.608. The number of benzene rings is 1. The maximum absolute atomic E-state index is 14.0. The first-order valence-corrected chi connectivity index (χ1v) is 6.73. The zero-order valence-electron chi connectivity index (χ0n) is 12.9. The van der Waals surface area contributed by atoms with Crippen molar-refractivity contribution < 1.29 is 4.39 Å². The minimum atomic E-state index is -0.598. The Kier molecular flexibility index (Phi) is 5.46. The standard InChI is InChI=1S/C13H14FN3O2.C2H6/c1-8-4-5-10(9(14)6-8)17-11(15-2)7-12(18)16(3)13(17)19;1-2/h4-7,15H,1-3H3;1-2H3. The van der Waals surface area contributed by atoms with Crippen LogP contribution in [0.1, 0.15) is 19.4 Å². The van der Waals surface area contributed by atoms with Gasteiger partial charge in [-0.25, -0.2) is 13.8 Å². The van der Waals surface area contributed by atoms with Gasteiger partial charge in [0.15, 0.2) is 0 Å². The molecule has 2 rings (SSSR count). The van der Waals surface area contributed by atoms with Gasteiger partial charge in [0.2, 0.25) is 0 Å². The predicted molar refractivity (Wildman–Crippen MR) is 82.9 cm³/mol. The molecule has 0 aliphatic heterocycles. The highest BCUT2D eigenvalue weighted by Gasteiger charge is 2.13. The maximum atomic E-state index is 14.0. The number of nitrogens with one attached hydrogen (secondary N) is 1. The van der Waals surface area contributed by atoms with Crippen molar-refractivity contribution in [2.24, 2.45) is 7.05 Å². The molecule has 21 heavy (non-hydrogen) atoms. The second-order valence-corrected chi connectivity index (χ2v) is 4.25. The van der Waals surface area contributed by atoms with Crippen LogP contribution < -0.4 is 16.6 Å². The van der Waals surface area contributed by atoms with E-state index in [1.165, 1.54) is 25.2 Å². The second kappa shape index (κ2) is 6.88. The normalized spacial score (nSPS) is 9.81. The molecule has 0 atom stereocenters. The fourth-order valence-corrected chi connectivity index (χ4v) is 1.84. The van der Waals surface area contributed by atoms with Crippen molar-refractivity contribution in [2.45, 2.75) is 20.8 Å². The van der Waals surface area contributed by atoms with Gasteiger partial charge in [0, 0.05) is 20.2 Å². The molecule has 1 aromatic heterocycles. The van der Waals surface area contributed by atoms with E-state index in [9.17, 15) is 14.0 Å². The van der Waals surface area contributed by atoms with Crippen molar-refractivity contribution in [2.75, 3.05) is 12.4 Å². The summed E-state index contributed by atoms with van der Waals surface area (Å²) in [7, 11) is 2.92. The van der Waals surface area contributed by atoms with Crippen LogP contribution in [-0.4, -0.2) is 16.2 Å². The highest BCUT2D eigenvalue weighted by atomic mass is 19.1. The monoisotopic (exact) mass is 293 g/mol. The van der Waals surface area contributed by atoms with Crippen LogP contribution >= 0.6 is 0 Å². The number of hydrogen-bond acceptors (Lipinski definition) is 3. The van der Waals surface area contributed by atoms with Gasteiger partial charge < -0.3 is 5.32 Å². The third-order valence-electron chi connectivity index (χ3n) is 2.91. The van der Waals surface area contributed by atoms with Crippen LogP contribution in [-0.2, 0) is 7.05 Å². The van der Waals surface area contributed by atoms with E-state index in [0.717, 1.165) is 14.7 Å². The molecule has 0 radical (unpaired) electrons. The number of hydrogen-bond donors (Lipinski definition) is 1. The van der Waals surface area contributed by atoms with E-state index in [-0.39, 0.29) is 11.5 Å². The van der Waals surface area contributed by atoms with Crippen LogP contribution in [0.15, 0.2) is 33.9 Å². The molecule has 0 aliphatic carbocycles. The lowest BCUT2D eigenvalue weighted by Gasteiger charge is -2.14. The fraction of sp³-hybridized carbons (Fsp3) is 0.333. The zero-order chi connectivity index (χ0) is 16.2. The summed E-state index contributed by atoms with van der Waals surface area (Å²) in [5, 5.41) is 2.73. The zero-order valence-corrected chi connectivity index (χ0v) is 12.9. The van der Waals surface area contributed by atoms with Crippen LogP contribution in [0.2, 0.25) is 0 Å². The Bertz CT molecular complexity index is 748. The molecule has 1 heterocycles. The van der Waals surface area contributed by atoms with E-state index in [1.807, 2.05) is 13.8 Å². The summed E-state index contributed by atoms with van der Waals surface area (Å²) < 4.78 is 16.1. The first-order valence-electron chi connectivity index (χ1n) is 6.73. The number of anilines is 1. The topological polar surface area (TPSA) is 56.0 Å². The highest BCUT2D eigenvalue weighted by Crippen LogP contribution is 2.16. The van der Waals surface area contributed by atoms with Crippen LogP contribution in [0.25, 0.3) is 5.69 Å². The SMILES string of the molecule is CC.CNc1cc(=O)n(C)c(=O)n1-c1ccc(C)cc1F. The second-order valence-electron chi connectivity index (χ2n) is 4.25. The quantitative estimate of drug-likeness (QED) is 0.922. The molecule has 0 saturated carbocycles. The summed E-state index contributed by atoms with van der Waals surface area (Å²) in [5.41, 5.74) is -0.182. The molecule has 0 aliphatic rings. The lowest BCUT2D eigenvalue weighted by Crippen LogP contribution is -2.38. The Labute approximate surface area is 122 Å². The van der Waals surface area contributed by atoms with Gasteiger partial charge in [-0.15, -0.1) is 0 Å². The van der Waals surface area contributed by atoms with Crippen molar-refractivity contribution in [3.63, 3.8) is 0 Å². The van der Waals surface area contributed by atoms with Gasteiger partial charge >= 0.3 is 5.69 Å². The molecule has 0 spiro atoms. The molecule has 5 nitrogen and oxygen atoms in total. The smallest absolute Gasteiger partial charge is 0.337 e. The minimum Gasteiger partial charge on any atom is -0.374 e. The molecule has 2 aromatic rings. The molecular formula is C15H20FN3O2. The third-order valence-corrected chi connectivity index (χ3v) is 2.91. The van der Waals surface area contributed by atoms with E-state index in [1.54, 1.807) is 20.0 Å². The van der Waals surface area contributed by atoms with E-state index in [2.05, 4.69) is 5.32 Å². The van der Waals surface area contributed by atoms with Gasteiger partial charge in [-0.1, -0.05) is 19.9 Å². The molecule has 1 N–H and O–H groups in total. The number of halogens is 1. The van der Waals surface area contributed by atoms with Gasteiger partial charge in [0.25, 0.3) is 5.56 Å². The van der Waals surface area contributed by atoms with Gasteiger partial charge in [0.05, 0.1) is 5.69 Å². The first-order chi connectivity index (χ1) is 9.95. The van der Waals surface area contributed by atoms with Crippen molar-refractivity contribution in [1.29, 1.82) is 0 Å². The molecule has 1 aromatic carbocycles. The van der Waals surface area contributed by atoms with Gasteiger partial charge in [0.1, 0.15) is 11.6 Å². The Balaban J connectivity index is 0.00000106. The molecular weight excluding hydrogens is 273 g/mol. The molecule has 0 fully saturated rings. The van der Waals surface area contributed by atoms with Gasteiger partial charge in [-0.3, -0.25) is 9.36 Å². The number of nitrogens with zero attached hydrogens (tertiary/aromatic N) is 2. The molecule has 0 bridgehead atoms. The molecule has 0 saturated heterocycles. The summed E-state index contributed by atoms with van der Waals surface area (Å²) in [4.78, 5) is 23.7. The van der Waals surface area contributed by atoms with Crippen molar-refractivity contribution >= 4 is 5.82 Å². The molecule has 0 amide bonds. The molecule has 0 unspecified atom stereocenters. The van der Waals surface area contributed by atoms with Crippen LogP contribution in [0.3, 0.4) is 0 Å². The summed E-state index contributed by atoms with van der Waals surface area (Å²) in [6, 6.07) is 5.81. The summed E-state index contributed by atoms with van der Waals surface area (Å²) >= 11 is 0. The van der Waals surface area contributed by atoms with Crippen molar-refractivity contribution in [3.05, 3.63) is 56.5 Å². The highest BCUT2D eigenvalue weighted by molar-refractivity contribution is 5.46. The molecule has 114 valence electrons. The molecule has 6 heteroatoms. The van der Waals surface area contributed by atoms with Crippen molar-refractivity contribution in [3.8, 4) is 5.69 Å².